The third-order valence-corrected chi connectivity index (χ3v) is 2.45. The second kappa shape index (κ2) is 5.19. The van der Waals surface area contributed by atoms with Crippen LogP contribution in [0.4, 0.5) is 0 Å². The van der Waals surface area contributed by atoms with Crippen molar-refractivity contribution in [3.63, 3.8) is 0 Å². The highest BCUT2D eigenvalue weighted by atomic mass is 16.1. The number of hydrogen-bond acceptors (Lipinski definition) is 3. The van der Waals surface area contributed by atoms with Crippen LogP contribution in [0.15, 0.2) is 0 Å². The number of primary amides is 1. The molecule has 0 aromatic rings. The summed E-state index contributed by atoms with van der Waals surface area (Å²) in [6.45, 7) is 4.03. The number of nitrogens with zero attached hydrogens (tertiary/aromatic N) is 1. The van der Waals surface area contributed by atoms with Gasteiger partial charge in [-0.25, -0.2) is 10.4 Å². The first kappa shape index (κ1) is 10.5. The molecule has 0 aromatic carbocycles. The molecule has 4 nitrogen and oxygen atoms in total. The number of hydrazine groups is 1. The molecule has 1 amide bonds. The largest absolute Gasteiger partial charge is 0.368 e. The Morgan fingerprint density at radius 3 is 2.54 bits per heavy atom. The van der Waals surface area contributed by atoms with E-state index < -0.39 is 0 Å². The van der Waals surface area contributed by atoms with E-state index in [-0.39, 0.29) is 11.9 Å². The van der Waals surface area contributed by atoms with Crippen molar-refractivity contribution >= 4 is 5.91 Å². The number of piperidine rings is 1. The number of carbonyl (C=O) groups is 1. The van der Waals surface area contributed by atoms with Crippen molar-refractivity contribution in [1.82, 2.24) is 10.4 Å². The Kier molecular flexibility index (Phi) is 4.18. The van der Waals surface area contributed by atoms with Crippen molar-refractivity contribution in [2.75, 3.05) is 13.1 Å². The lowest BCUT2D eigenvalue weighted by Gasteiger charge is -2.30. The van der Waals surface area contributed by atoms with E-state index in [0.29, 0.717) is 0 Å². The molecular formula is C9H19N3O. The molecule has 13 heavy (non-hydrogen) atoms. The number of rotatable bonds is 4. The molecule has 1 aliphatic rings. The summed E-state index contributed by atoms with van der Waals surface area (Å²) < 4.78 is 0. The second-order valence-electron chi connectivity index (χ2n) is 3.54. The lowest BCUT2D eigenvalue weighted by atomic mass is 10.1. The van der Waals surface area contributed by atoms with Gasteiger partial charge in [0.25, 0.3) is 0 Å². The van der Waals surface area contributed by atoms with Crippen LogP contribution in [-0.4, -0.2) is 30.0 Å². The zero-order valence-corrected chi connectivity index (χ0v) is 8.25. The Balaban J connectivity index is 2.31. The van der Waals surface area contributed by atoms with E-state index in [1.54, 1.807) is 0 Å². The molecule has 3 N–H and O–H groups in total. The van der Waals surface area contributed by atoms with Crippen molar-refractivity contribution in [3.8, 4) is 0 Å². The molecule has 1 aliphatic heterocycles. The first-order valence-corrected chi connectivity index (χ1v) is 5.04. The summed E-state index contributed by atoms with van der Waals surface area (Å²) in [5.41, 5.74) is 8.40. The third-order valence-electron chi connectivity index (χ3n) is 2.45. The highest BCUT2D eigenvalue weighted by molar-refractivity contribution is 5.79. The summed E-state index contributed by atoms with van der Waals surface area (Å²) in [6.07, 6.45) is 4.47. The zero-order valence-electron chi connectivity index (χ0n) is 8.25. The minimum Gasteiger partial charge on any atom is -0.368 e. The molecule has 1 unspecified atom stereocenters. The van der Waals surface area contributed by atoms with E-state index in [1.807, 2.05) is 6.92 Å². The first-order valence-electron chi connectivity index (χ1n) is 5.04. The first-order chi connectivity index (χ1) is 6.24. The van der Waals surface area contributed by atoms with Crippen LogP contribution in [0, 0.1) is 0 Å². The van der Waals surface area contributed by atoms with Crippen molar-refractivity contribution in [2.45, 2.75) is 38.6 Å². The summed E-state index contributed by atoms with van der Waals surface area (Å²) in [5, 5.41) is 2.11. The maximum atomic E-state index is 10.9. The molecule has 76 valence electrons. The monoisotopic (exact) mass is 185 g/mol. The van der Waals surface area contributed by atoms with Gasteiger partial charge < -0.3 is 5.73 Å². The maximum Gasteiger partial charge on any atom is 0.235 e. The molecule has 1 atom stereocenters. The predicted octanol–water partition coefficient (Wildman–Crippen LogP) is 0.241. The van der Waals surface area contributed by atoms with Gasteiger partial charge in [-0.3, -0.25) is 4.79 Å². The number of nitrogens with one attached hydrogen (secondary N) is 1. The Labute approximate surface area is 79.4 Å². The number of carbonyl (C=O) groups excluding carboxylic acids is 1. The Morgan fingerprint density at radius 2 is 2.08 bits per heavy atom. The fourth-order valence-corrected chi connectivity index (χ4v) is 1.60. The molecule has 4 heteroatoms. The van der Waals surface area contributed by atoms with Crippen LogP contribution in [0.2, 0.25) is 0 Å². The molecule has 0 radical (unpaired) electrons. The fourth-order valence-electron chi connectivity index (χ4n) is 1.60. The molecule has 1 rings (SSSR count). The Morgan fingerprint density at radius 1 is 1.46 bits per heavy atom. The van der Waals surface area contributed by atoms with Crippen LogP contribution >= 0.6 is 0 Å². The topological polar surface area (TPSA) is 58.4 Å². The Bertz CT molecular complexity index is 166. The molecule has 1 heterocycles. The molecule has 0 bridgehead atoms. The van der Waals surface area contributed by atoms with Gasteiger partial charge in [0.2, 0.25) is 5.91 Å². The number of amides is 1. The Hall–Kier alpha value is -0.610. The van der Waals surface area contributed by atoms with Gasteiger partial charge in [-0.15, -0.1) is 0 Å². The minimum atomic E-state index is -0.256. The van der Waals surface area contributed by atoms with E-state index in [9.17, 15) is 4.79 Å². The molecule has 1 saturated heterocycles. The zero-order chi connectivity index (χ0) is 9.68. The smallest absolute Gasteiger partial charge is 0.235 e. The van der Waals surface area contributed by atoms with Crippen LogP contribution in [0.1, 0.15) is 32.6 Å². The van der Waals surface area contributed by atoms with E-state index in [1.165, 1.54) is 19.3 Å². The van der Waals surface area contributed by atoms with Gasteiger partial charge in [0, 0.05) is 13.1 Å². The van der Waals surface area contributed by atoms with Gasteiger partial charge in [0.1, 0.15) is 0 Å². The van der Waals surface area contributed by atoms with Gasteiger partial charge in [0.05, 0.1) is 6.04 Å². The molecule has 0 aliphatic carbocycles. The summed E-state index contributed by atoms with van der Waals surface area (Å²) in [4.78, 5) is 10.9. The van der Waals surface area contributed by atoms with E-state index in [0.717, 1.165) is 19.5 Å². The van der Waals surface area contributed by atoms with Crippen LogP contribution in [0.5, 0.6) is 0 Å². The van der Waals surface area contributed by atoms with Gasteiger partial charge in [0.15, 0.2) is 0 Å². The molecule has 0 saturated carbocycles. The van der Waals surface area contributed by atoms with Crippen LogP contribution in [-0.2, 0) is 4.79 Å². The third kappa shape index (κ3) is 3.32. The van der Waals surface area contributed by atoms with Crippen molar-refractivity contribution < 1.29 is 4.79 Å². The average Bonchev–Trinajstić information content (AvgIpc) is 2.15. The average molecular weight is 185 g/mol. The van der Waals surface area contributed by atoms with Crippen molar-refractivity contribution in [2.24, 2.45) is 5.73 Å². The van der Waals surface area contributed by atoms with Gasteiger partial charge >= 0.3 is 0 Å². The molecular weight excluding hydrogens is 166 g/mol. The minimum absolute atomic E-state index is 0.196. The highest BCUT2D eigenvalue weighted by Gasteiger charge is 2.17. The fraction of sp³-hybridized carbons (Fsp3) is 0.889. The molecule has 0 aromatic heterocycles. The normalized spacial score (nSPS) is 21.3. The van der Waals surface area contributed by atoms with Crippen LogP contribution in [0.3, 0.4) is 0 Å². The molecule has 0 spiro atoms. The summed E-state index contributed by atoms with van der Waals surface area (Å²) in [7, 11) is 0. The lowest BCUT2D eigenvalue weighted by Crippen LogP contribution is -2.51. The highest BCUT2D eigenvalue weighted by Crippen LogP contribution is 2.06. The SMILES string of the molecule is CCC(NN1CCCCC1)C(N)=O. The number of hydrogen-bond donors (Lipinski definition) is 2. The summed E-state index contributed by atoms with van der Waals surface area (Å²) >= 11 is 0. The predicted molar refractivity (Wildman–Crippen MR) is 51.8 cm³/mol. The number of nitrogens with two attached hydrogens (primary N) is 1. The van der Waals surface area contributed by atoms with Gasteiger partial charge in [-0.1, -0.05) is 13.3 Å². The maximum absolute atomic E-state index is 10.9. The second-order valence-corrected chi connectivity index (χ2v) is 3.54. The van der Waals surface area contributed by atoms with Crippen molar-refractivity contribution in [1.29, 1.82) is 0 Å². The van der Waals surface area contributed by atoms with Crippen LogP contribution < -0.4 is 11.2 Å². The van der Waals surface area contributed by atoms with Crippen LogP contribution in [0.25, 0.3) is 0 Å². The quantitative estimate of drug-likeness (QED) is 0.659. The standard InChI is InChI=1S/C9H19N3O/c1-2-8(9(10)13)11-12-6-4-3-5-7-12/h8,11H,2-7H2,1H3,(H2,10,13). The molecule has 1 fully saturated rings. The summed E-state index contributed by atoms with van der Waals surface area (Å²) in [5.74, 6) is -0.256. The van der Waals surface area contributed by atoms with Gasteiger partial charge in [-0.05, 0) is 19.3 Å². The van der Waals surface area contributed by atoms with Gasteiger partial charge in [-0.2, -0.15) is 0 Å². The lowest BCUT2D eigenvalue weighted by molar-refractivity contribution is -0.121. The summed E-state index contributed by atoms with van der Waals surface area (Å²) in [6, 6.07) is -0.196. The van der Waals surface area contributed by atoms with Crippen molar-refractivity contribution in [3.05, 3.63) is 0 Å². The van der Waals surface area contributed by atoms with E-state index in [2.05, 4.69) is 10.4 Å². The van der Waals surface area contributed by atoms with E-state index in [4.69, 9.17) is 5.73 Å². The van der Waals surface area contributed by atoms with E-state index >= 15 is 0 Å².